The fraction of sp³-hybridized carbons (Fsp3) is 0.417. The molecule has 4 atom stereocenters. The second-order valence-electron chi connectivity index (χ2n) is 4.28. The van der Waals surface area contributed by atoms with Gasteiger partial charge in [0.15, 0.2) is 0 Å². The number of para-hydroxylation sites is 1. The number of rotatable bonds is 5. The molecule has 0 radical (unpaired) electrons. The molecular formula is C12H15NO7. The first-order valence-corrected chi connectivity index (χ1v) is 5.91. The molecule has 1 aliphatic heterocycles. The molecule has 1 aromatic rings. The Labute approximate surface area is 114 Å². The molecule has 8 heteroatoms. The molecule has 1 heterocycles. The van der Waals surface area contributed by atoms with Crippen LogP contribution in [0.4, 0.5) is 5.69 Å². The highest BCUT2D eigenvalue weighted by molar-refractivity contribution is 5.93. The summed E-state index contributed by atoms with van der Waals surface area (Å²) in [5.74, 6) is -1.14. The predicted octanol–water partition coefficient (Wildman–Crippen LogP) is -0.833. The van der Waals surface area contributed by atoms with Crippen LogP contribution in [0.3, 0.4) is 0 Å². The summed E-state index contributed by atoms with van der Waals surface area (Å²) < 4.78 is 5.08. The number of hydrogen-bond donors (Lipinski definition) is 5. The summed E-state index contributed by atoms with van der Waals surface area (Å²) in [6.07, 6.45) is -4.80. The van der Waals surface area contributed by atoms with Crippen LogP contribution >= 0.6 is 0 Å². The van der Waals surface area contributed by atoms with E-state index < -0.39 is 37.2 Å². The van der Waals surface area contributed by atoms with Crippen molar-refractivity contribution in [2.75, 3.05) is 12.1 Å². The van der Waals surface area contributed by atoms with E-state index in [-0.39, 0.29) is 11.3 Å². The van der Waals surface area contributed by atoms with Gasteiger partial charge in [-0.1, -0.05) is 12.1 Å². The van der Waals surface area contributed by atoms with E-state index in [4.69, 9.17) is 19.8 Å². The Morgan fingerprint density at radius 2 is 2.00 bits per heavy atom. The van der Waals surface area contributed by atoms with Crippen molar-refractivity contribution in [3.8, 4) is 0 Å². The summed E-state index contributed by atoms with van der Waals surface area (Å²) >= 11 is 0. The smallest absolute Gasteiger partial charge is 0.337 e. The summed E-state index contributed by atoms with van der Waals surface area (Å²) in [7, 11) is 0. The van der Waals surface area contributed by atoms with Crippen LogP contribution < -0.4 is 5.48 Å². The number of hydrogen-bond acceptors (Lipinski definition) is 7. The Kier molecular flexibility index (Phi) is 4.53. The molecule has 1 saturated heterocycles. The molecule has 5 N–H and O–H groups in total. The summed E-state index contributed by atoms with van der Waals surface area (Å²) in [4.78, 5) is 16.0. The zero-order chi connectivity index (χ0) is 14.7. The molecule has 0 spiro atoms. The van der Waals surface area contributed by atoms with Crippen molar-refractivity contribution in [3.63, 3.8) is 0 Å². The quantitative estimate of drug-likeness (QED) is 0.443. The van der Waals surface area contributed by atoms with Crippen molar-refractivity contribution < 1.29 is 34.8 Å². The maximum Gasteiger partial charge on any atom is 0.337 e. The lowest BCUT2D eigenvalue weighted by Crippen LogP contribution is -2.35. The third-order valence-electron chi connectivity index (χ3n) is 2.94. The van der Waals surface area contributed by atoms with E-state index in [1.165, 1.54) is 12.1 Å². The number of carboxylic acid groups (broad SMARTS) is 1. The van der Waals surface area contributed by atoms with Crippen LogP contribution in [-0.2, 0) is 9.57 Å². The van der Waals surface area contributed by atoms with Crippen LogP contribution in [0.1, 0.15) is 10.4 Å². The molecule has 1 aromatic carbocycles. The van der Waals surface area contributed by atoms with E-state index >= 15 is 0 Å². The van der Waals surface area contributed by atoms with Gasteiger partial charge in [0.25, 0.3) is 0 Å². The average molecular weight is 285 g/mol. The van der Waals surface area contributed by atoms with E-state index in [2.05, 4.69) is 5.48 Å². The molecule has 0 saturated carbocycles. The first-order chi connectivity index (χ1) is 9.54. The molecule has 1 aliphatic rings. The van der Waals surface area contributed by atoms with Crippen molar-refractivity contribution in [1.82, 2.24) is 0 Å². The molecule has 1 unspecified atom stereocenters. The van der Waals surface area contributed by atoms with Gasteiger partial charge in [-0.25, -0.2) is 9.63 Å². The molecule has 110 valence electrons. The van der Waals surface area contributed by atoms with Gasteiger partial charge >= 0.3 is 5.97 Å². The van der Waals surface area contributed by atoms with Gasteiger partial charge in [-0.3, -0.25) is 5.48 Å². The van der Waals surface area contributed by atoms with Crippen LogP contribution in [0.5, 0.6) is 0 Å². The highest BCUT2D eigenvalue weighted by Gasteiger charge is 2.43. The van der Waals surface area contributed by atoms with Gasteiger partial charge in [0.2, 0.25) is 6.29 Å². The third-order valence-corrected chi connectivity index (χ3v) is 2.94. The van der Waals surface area contributed by atoms with Crippen molar-refractivity contribution in [2.24, 2.45) is 0 Å². The lowest BCUT2D eigenvalue weighted by molar-refractivity contribution is -0.153. The summed E-state index contributed by atoms with van der Waals surface area (Å²) in [5, 5.41) is 37.1. The zero-order valence-electron chi connectivity index (χ0n) is 10.3. The molecule has 1 fully saturated rings. The number of carboxylic acids is 1. The zero-order valence-corrected chi connectivity index (χ0v) is 10.3. The lowest BCUT2D eigenvalue weighted by Gasteiger charge is -2.17. The van der Waals surface area contributed by atoms with E-state index in [0.717, 1.165) is 0 Å². The van der Waals surface area contributed by atoms with Gasteiger partial charge in [-0.15, -0.1) is 0 Å². The van der Waals surface area contributed by atoms with E-state index in [1.54, 1.807) is 12.1 Å². The van der Waals surface area contributed by atoms with Crippen LogP contribution in [0.2, 0.25) is 0 Å². The highest BCUT2D eigenvalue weighted by atomic mass is 16.8. The Hall–Kier alpha value is -1.71. The largest absolute Gasteiger partial charge is 0.478 e. The number of aliphatic hydroxyl groups is 3. The van der Waals surface area contributed by atoms with Crippen molar-refractivity contribution in [3.05, 3.63) is 29.8 Å². The molecule has 2 rings (SSSR count). The second-order valence-corrected chi connectivity index (χ2v) is 4.28. The second kappa shape index (κ2) is 6.16. The Balaban J connectivity index is 2.01. The van der Waals surface area contributed by atoms with Gasteiger partial charge in [0, 0.05) is 0 Å². The van der Waals surface area contributed by atoms with Gasteiger partial charge in [-0.05, 0) is 12.1 Å². The Bertz CT molecular complexity index is 481. The number of benzene rings is 1. The predicted molar refractivity (Wildman–Crippen MR) is 65.9 cm³/mol. The minimum Gasteiger partial charge on any atom is -0.478 e. The number of aliphatic hydroxyl groups excluding tert-OH is 3. The van der Waals surface area contributed by atoms with E-state index in [1.807, 2.05) is 0 Å². The monoisotopic (exact) mass is 285 g/mol. The molecule has 0 amide bonds. The van der Waals surface area contributed by atoms with E-state index in [0.29, 0.717) is 0 Å². The molecule has 20 heavy (non-hydrogen) atoms. The standard InChI is InChI=1S/C12H15NO7/c14-5-8-9(15)10(16)12(19-8)20-13-7-4-2-1-3-6(7)11(17)18/h1-4,8-10,12-16H,5H2,(H,17,18)/t8-,9-,10+,12?/m0/s1. The number of anilines is 1. The molecule has 0 aliphatic carbocycles. The van der Waals surface area contributed by atoms with E-state index in [9.17, 15) is 15.0 Å². The topological polar surface area (TPSA) is 128 Å². The Morgan fingerprint density at radius 3 is 2.60 bits per heavy atom. The molecule has 8 nitrogen and oxygen atoms in total. The van der Waals surface area contributed by atoms with Crippen LogP contribution in [0.15, 0.2) is 24.3 Å². The van der Waals surface area contributed by atoms with Crippen molar-refractivity contribution in [2.45, 2.75) is 24.6 Å². The molecular weight excluding hydrogens is 270 g/mol. The van der Waals surface area contributed by atoms with Gasteiger partial charge < -0.3 is 25.2 Å². The maximum atomic E-state index is 11.0. The minimum atomic E-state index is -1.35. The summed E-state index contributed by atoms with van der Waals surface area (Å²) in [6.45, 7) is -0.468. The minimum absolute atomic E-state index is 0.0146. The third kappa shape index (κ3) is 2.89. The highest BCUT2D eigenvalue weighted by Crippen LogP contribution is 2.23. The number of nitrogens with one attached hydrogen (secondary N) is 1. The van der Waals surface area contributed by atoms with Gasteiger partial charge in [0.05, 0.1) is 17.9 Å². The van der Waals surface area contributed by atoms with Crippen LogP contribution in [-0.4, -0.2) is 57.6 Å². The number of aromatic carboxylic acids is 1. The van der Waals surface area contributed by atoms with Crippen LogP contribution in [0, 0.1) is 0 Å². The van der Waals surface area contributed by atoms with Crippen LogP contribution in [0.25, 0.3) is 0 Å². The molecule has 0 aromatic heterocycles. The first-order valence-electron chi connectivity index (χ1n) is 5.91. The Morgan fingerprint density at radius 1 is 1.30 bits per heavy atom. The summed E-state index contributed by atoms with van der Waals surface area (Å²) in [6, 6.07) is 6.02. The first kappa shape index (κ1) is 14.7. The average Bonchev–Trinajstić information content (AvgIpc) is 2.72. The van der Waals surface area contributed by atoms with Crippen molar-refractivity contribution >= 4 is 11.7 Å². The normalized spacial score (nSPS) is 29.4. The fourth-order valence-electron chi connectivity index (χ4n) is 1.84. The van der Waals surface area contributed by atoms with Gasteiger partial charge in [0.1, 0.15) is 18.3 Å². The number of ether oxygens (including phenoxy) is 1. The summed E-state index contributed by atoms with van der Waals surface area (Å²) in [5.41, 5.74) is 2.54. The van der Waals surface area contributed by atoms with Crippen molar-refractivity contribution in [1.29, 1.82) is 0 Å². The maximum absolute atomic E-state index is 11.0. The number of carbonyl (C=O) groups is 1. The fourth-order valence-corrected chi connectivity index (χ4v) is 1.84. The lowest BCUT2D eigenvalue weighted by atomic mass is 10.1. The SMILES string of the molecule is O=C(O)c1ccccc1NOC1O[C@@H](CO)[C@H](O)[C@H]1O. The molecule has 0 bridgehead atoms. The van der Waals surface area contributed by atoms with Gasteiger partial charge in [-0.2, -0.15) is 0 Å².